The van der Waals surface area contributed by atoms with E-state index in [0.717, 1.165) is 17.1 Å². The fraction of sp³-hybridized carbons (Fsp3) is 0.450. The van der Waals surface area contributed by atoms with Crippen molar-refractivity contribution < 1.29 is 14.3 Å². The van der Waals surface area contributed by atoms with Crippen molar-refractivity contribution in [2.75, 3.05) is 37.7 Å². The molecule has 12 heteroatoms. The number of carbonyl (C=O) groups is 2. The third-order valence-corrected chi connectivity index (χ3v) is 6.83. The zero-order chi connectivity index (χ0) is 22.8. The third-order valence-electron chi connectivity index (χ3n) is 5.34. The molecule has 0 bridgehead atoms. The van der Waals surface area contributed by atoms with Crippen LogP contribution in [0, 0.1) is 6.92 Å². The fourth-order valence-electron chi connectivity index (χ4n) is 3.82. The smallest absolute Gasteiger partial charge is 0.306 e. The molecule has 0 aliphatic carbocycles. The molecule has 3 aromatic rings. The minimum atomic E-state index is -0.252. The first-order valence-electron chi connectivity index (χ1n) is 10.2. The number of esters is 1. The molecule has 1 aliphatic rings. The number of nitrogens with zero attached hydrogens (tertiary/aromatic N) is 6. The highest BCUT2D eigenvalue weighted by molar-refractivity contribution is 7.20. The van der Waals surface area contributed by atoms with E-state index in [2.05, 4.69) is 20.0 Å². The number of piperazine rings is 1. The number of fused-ring (bicyclic) bond motifs is 1. The Balaban J connectivity index is 1.56. The summed E-state index contributed by atoms with van der Waals surface area (Å²) in [6, 6.07) is 1.61. The van der Waals surface area contributed by atoms with Gasteiger partial charge in [0.15, 0.2) is 0 Å². The molecular weight excluding hydrogens is 475 g/mol. The maximum atomic E-state index is 12.9. The molecule has 0 radical (unpaired) electrons. The number of amides is 1. The number of rotatable bonds is 6. The van der Waals surface area contributed by atoms with Crippen LogP contribution < -0.4 is 4.90 Å². The summed E-state index contributed by atoms with van der Waals surface area (Å²) in [5.41, 5.74) is 2.15. The molecular formula is C20H22Cl2N6O3S. The van der Waals surface area contributed by atoms with Gasteiger partial charge in [-0.1, -0.05) is 23.2 Å². The van der Waals surface area contributed by atoms with E-state index in [0.29, 0.717) is 59.2 Å². The van der Waals surface area contributed by atoms with Crippen molar-refractivity contribution in [2.45, 2.75) is 26.7 Å². The fourth-order valence-corrected chi connectivity index (χ4v) is 5.27. The summed E-state index contributed by atoms with van der Waals surface area (Å²) in [7, 11) is 0. The van der Waals surface area contributed by atoms with Crippen LogP contribution in [-0.4, -0.2) is 69.1 Å². The molecule has 170 valence electrons. The van der Waals surface area contributed by atoms with E-state index in [1.807, 2.05) is 6.92 Å². The average molecular weight is 497 g/mol. The number of halogens is 2. The van der Waals surface area contributed by atoms with Crippen molar-refractivity contribution >= 4 is 58.0 Å². The van der Waals surface area contributed by atoms with Crippen molar-refractivity contribution in [1.29, 1.82) is 0 Å². The van der Waals surface area contributed by atoms with Crippen LogP contribution in [0.4, 0.5) is 5.82 Å². The lowest BCUT2D eigenvalue weighted by Crippen LogP contribution is -2.49. The van der Waals surface area contributed by atoms with E-state index in [9.17, 15) is 9.59 Å². The summed E-state index contributed by atoms with van der Waals surface area (Å²) in [5, 5.41) is 4.35. The Bertz CT molecular complexity index is 1160. The lowest BCUT2D eigenvalue weighted by atomic mass is 10.1. The predicted octanol–water partition coefficient (Wildman–Crippen LogP) is 3.26. The minimum Gasteiger partial charge on any atom is -0.466 e. The molecule has 3 aromatic heterocycles. The van der Waals surface area contributed by atoms with Crippen molar-refractivity contribution in [3.05, 3.63) is 37.9 Å². The first-order chi connectivity index (χ1) is 15.4. The Morgan fingerprint density at radius 1 is 1.22 bits per heavy atom. The number of thiophene rings is 1. The maximum Gasteiger partial charge on any atom is 0.306 e. The van der Waals surface area contributed by atoms with Gasteiger partial charge in [-0.2, -0.15) is 14.6 Å². The predicted molar refractivity (Wildman–Crippen MR) is 123 cm³/mol. The minimum absolute atomic E-state index is 0.128. The van der Waals surface area contributed by atoms with E-state index in [1.165, 1.54) is 17.7 Å². The van der Waals surface area contributed by atoms with Crippen LogP contribution in [0.3, 0.4) is 0 Å². The normalized spacial score (nSPS) is 14.2. The molecule has 1 fully saturated rings. The zero-order valence-electron chi connectivity index (χ0n) is 17.7. The monoisotopic (exact) mass is 496 g/mol. The van der Waals surface area contributed by atoms with Crippen LogP contribution in [0.1, 0.15) is 35.0 Å². The molecule has 4 rings (SSSR count). The van der Waals surface area contributed by atoms with Crippen LogP contribution in [0.15, 0.2) is 12.4 Å². The van der Waals surface area contributed by atoms with Crippen LogP contribution in [0.2, 0.25) is 8.67 Å². The summed E-state index contributed by atoms with van der Waals surface area (Å²) in [4.78, 5) is 37.5. The van der Waals surface area contributed by atoms with Gasteiger partial charge in [0.2, 0.25) is 0 Å². The third kappa shape index (κ3) is 4.53. The van der Waals surface area contributed by atoms with E-state index < -0.39 is 0 Å². The molecule has 1 saturated heterocycles. The number of hydrogen-bond donors (Lipinski definition) is 0. The van der Waals surface area contributed by atoms with Crippen LogP contribution in [0.5, 0.6) is 0 Å². The summed E-state index contributed by atoms with van der Waals surface area (Å²) >= 11 is 13.4. The number of ether oxygens (including phenoxy) is 1. The molecule has 32 heavy (non-hydrogen) atoms. The van der Waals surface area contributed by atoms with Crippen molar-refractivity contribution in [3.63, 3.8) is 0 Å². The Labute approximate surface area is 198 Å². The highest BCUT2D eigenvalue weighted by atomic mass is 35.5. The first kappa shape index (κ1) is 22.8. The van der Waals surface area contributed by atoms with Gasteiger partial charge in [0.1, 0.15) is 16.5 Å². The van der Waals surface area contributed by atoms with E-state index in [4.69, 9.17) is 27.9 Å². The van der Waals surface area contributed by atoms with Gasteiger partial charge in [-0.25, -0.2) is 4.98 Å². The highest BCUT2D eigenvalue weighted by Crippen LogP contribution is 2.32. The van der Waals surface area contributed by atoms with Gasteiger partial charge < -0.3 is 14.5 Å². The molecule has 4 heterocycles. The highest BCUT2D eigenvalue weighted by Gasteiger charge is 2.28. The molecule has 0 spiro atoms. The Morgan fingerprint density at radius 2 is 1.97 bits per heavy atom. The second kappa shape index (κ2) is 9.60. The van der Waals surface area contributed by atoms with Crippen LogP contribution in [0.25, 0.3) is 5.78 Å². The molecule has 0 saturated carbocycles. The van der Waals surface area contributed by atoms with Crippen molar-refractivity contribution in [2.24, 2.45) is 0 Å². The number of carbonyl (C=O) groups excluding carboxylic acids is 2. The summed E-state index contributed by atoms with van der Waals surface area (Å²) < 4.78 is 7.67. The maximum absolute atomic E-state index is 12.9. The molecule has 9 nitrogen and oxygen atoms in total. The Kier molecular flexibility index (Phi) is 6.82. The Hall–Kier alpha value is -2.43. The number of hydrogen-bond acceptors (Lipinski definition) is 8. The summed E-state index contributed by atoms with van der Waals surface area (Å²) in [6.07, 6.45) is 2.19. The van der Waals surface area contributed by atoms with E-state index in [-0.39, 0.29) is 18.3 Å². The quantitative estimate of drug-likeness (QED) is 0.483. The van der Waals surface area contributed by atoms with Gasteiger partial charge in [0.25, 0.3) is 11.7 Å². The van der Waals surface area contributed by atoms with Gasteiger partial charge >= 0.3 is 5.97 Å². The van der Waals surface area contributed by atoms with Crippen molar-refractivity contribution in [1.82, 2.24) is 24.5 Å². The second-order valence-corrected chi connectivity index (χ2v) is 9.58. The molecule has 1 aliphatic heterocycles. The van der Waals surface area contributed by atoms with Gasteiger partial charge in [-0.3, -0.25) is 9.59 Å². The molecule has 1 amide bonds. The lowest BCUT2D eigenvalue weighted by Gasteiger charge is -2.37. The number of anilines is 1. The van der Waals surface area contributed by atoms with Crippen molar-refractivity contribution in [3.8, 4) is 0 Å². The van der Waals surface area contributed by atoms with E-state index in [1.54, 1.807) is 22.4 Å². The summed E-state index contributed by atoms with van der Waals surface area (Å²) in [6.45, 7) is 6.24. The molecule has 0 aromatic carbocycles. The van der Waals surface area contributed by atoms with Gasteiger partial charge in [0, 0.05) is 43.9 Å². The van der Waals surface area contributed by atoms with Crippen LogP contribution >= 0.6 is 34.5 Å². The lowest BCUT2D eigenvalue weighted by molar-refractivity contribution is -0.143. The van der Waals surface area contributed by atoms with Gasteiger partial charge in [0.05, 0.1) is 16.5 Å². The number of aryl methyl sites for hydroxylation is 1. The van der Waals surface area contributed by atoms with Gasteiger partial charge in [-0.05, 0) is 26.3 Å². The standard InChI is InChI=1S/C20H22Cl2N6O3S/c1-3-31-16(29)5-4-13-12(2)25-20-23-11-24-28(20)18(13)26-6-8-27(9-7-26)19(30)14-10-15(21)32-17(14)22/h10-11H,3-9H2,1-2H3. The Morgan fingerprint density at radius 3 is 2.62 bits per heavy atom. The second-order valence-electron chi connectivity index (χ2n) is 7.29. The number of aromatic nitrogens is 4. The van der Waals surface area contributed by atoms with E-state index >= 15 is 0 Å². The molecule has 0 atom stereocenters. The molecule has 0 N–H and O–H groups in total. The topological polar surface area (TPSA) is 92.9 Å². The molecule has 0 unspecified atom stereocenters. The largest absolute Gasteiger partial charge is 0.466 e. The first-order valence-corrected chi connectivity index (χ1v) is 11.8. The van der Waals surface area contributed by atoms with Crippen LogP contribution in [-0.2, 0) is 16.0 Å². The average Bonchev–Trinajstić information content (AvgIpc) is 3.36. The summed E-state index contributed by atoms with van der Waals surface area (Å²) in [5.74, 6) is 0.962. The zero-order valence-corrected chi connectivity index (χ0v) is 20.0. The SMILES string of the molecule is CCOC(=O)CCc1c(C)nc2ncnn2c1N1CCN(C(=O)c2cc(Cl)sc2Cl)CC1. The van der Waals surface area contributed by atoms with Gasteiger partial charge in [-0.15, -0.1) is 11.3 Å².